The van der Waals surface area contributed by atoms with E-state index < -0.39 is 23.5 Å². The lowest BCUT2D eigenvalue weighted by Crippen LogP contribution is -2.33. The van der Waals surface area contributed by atoms with Crippen LogP contribution in [-0.4, -0.2) is 24.1 Å². The van der Waals surface area contributed by atoms with E-state index in [0.29, 0.717) is 6.07 Å². The summed E-state index contributed by atoms with van der Waals surface area (Å²) in [7, 11) is 0. The van der Waals surface area contributed by atoms with Crippen LogP contribution in [0.1, 0.15) is 0 Å². The second-order valence-electron chi connectivity index (χ2n) is 2.90. The van der Waals surface area contributed by atoms with Crippen molar-refractivity contribution >= 4 is 17.7 Å². The molecule has 0 spiro atoms. The van der Waals surface area contributed by atoms with E-state index in [0.717, 1.165) is 0 Å². The van der Waals surface area contributed by atoms with Crippen LogP contribution in [0.4, 0.5) is 25.2 Å². The third-order valence-electron chi connectivity index (χ3n) is 1.67. The molecule has 6 nitrogen and oxygen atoms in total. The van der Waals surface area contributed by atoms with E-state index in [1.165, 1.54) is 0 Å². The second kappa shape index (κ2) is 5.10. The molecule has 1 heterocycles. The standard InChI is InChI=1S/C8H11F2N5O/c9-4-3-5(10)7(15-6(4)11)13-1-2-14-8(12)16/h3H,1-2H2,(H3,11,13,15)(H3,12,14,16). The van der Waals surface area contributed by atoms with Gasteiger partial charge in [-0.2, -0.15) is 0 Å². The first kappa shape index (κ1) is 12.0. The molecule has 0 unspecified atom stereocenters. The van der Waals surface area contributed by atoms with Crippen molar-refractivity contribution in [1.29, 1.82) is 0 Å². The molecule has 0 saturated carbocycles. The summed E-state index contributed by atoms with van der Waals surface area (Å²) in [6.07, 6.45) is 0. The van der Waals surface area contributed by atoms with E-state index in [4.69, 9.17) is 11.5 Å². The van der Waals surface area contributed by atoms with Crippen molar-refractivity contribution in [3.8, 4) is 0 Å². The Hall–Kier alpha value is -2.12. The van der Waals surface area contributed by atoms with Crippen LogP contribution in [0.2, 0.25) is 0 Å². The van der Waals surface area contributed by atoms with Gasteiger partial charge in [0.05, 0.1) is 0 Å². The van der Waals surface area contributed by atoms with Crippen LogP contribution in [0.3, 0.4) is 0 Å². The van der Waals surface area contributed by atoms with Gasteiger partial charge < -0.3 is 22.1 Å². The number of urea groups is 1. The molecule has 88 valence electrons. The Bertz CT molecular complexity index is 398. The highest BCUT2D eigenvalue weighted by Gasteiger charge is 2.08. The maximum absolute atomic E-state index is 13.1. The summed E-state index contributed by atoms with van der Waals surface area (Å²) in [5, 5.41) is 4.82. The number of nitrogens with two attached hydrogens (primary N) is 2. The van der Waals surface area contributed by atoms with E-state index in [-0.39, 0.29) is 18.9 Å². The summed E-state index contributed by atoms with van der Waals surface area (Å²) in [6, 6.07) is -0.0551. The van der Waals surface area contributed by atoms with E-state index in [2.05, 4.69) is 15.6 Å². The maximum Gasteiger partial charge on any atom is 0.312 e. The van der Waals surface area contributed by atoms with Crippen LogP contribution in [0.15, 0.2) is 6.07 Å². The van der Waals surface area contributed by atoms with Gasteiger partial charge in [0.1, 0.15) is 0 Å². The first-order valence-electron chi connectivity index (χ1n) is 4.39. The van der Waals surface area contributed by atoms with Gasteiger partial charge in [0.2, 0.25) is 0 Å². The van der Waals surface area contributed by atoms with Gasteiger partial charge >= 0.3 is 6.03 Å². The lowest BCUT2D eigenvalue weighted by molar-refractivity contribution is 0.249. The summed E-state index contributed by atoms with van der Waals surface area (Å²) < 4.78 is 25.8. The van der Waals surface area contributed by atoms with Crippen molar-refractivity contribution < 1.29 is 13.6 Å². The first-order valence-corrected chi connectivity index (χ1v) is 4.39. The average molecular weight is 231 g/mol. The zero-order valence-corrected chi connectivity index (χ0v) is 8.26. The molecule has 0 aliphatic heterocycles. The smallest absolute Gasteiger partial charge is 0.312 e. The number of pyridine rings is 1. The first-order chi connectivity index (χ1) is 7.50. The largest absolute Gasteiger partial charge is 0.381 e. The van der Waals surface area contributed by atoms with Gasteiger partial charge in [-0.3, -0.25) is 0 Å². The molecule has 0 atom stereocenters. The average Bonchev–Trinajstić information content (AvgIpc) is 2.19. The predicted octanol–water partition coefficient (Wildman–Crippen LogP) is 0.0222. The Morgan fingerprint density at radius 1 is 1.38 bits per heavy atom. The van der Waals surface area contributed by atoms with Crippen molar-refractivity contribution in [2.75, 3.05) is 24.1 Å². The Kier molecular flexibility index (Phi) is 3.81. The number of carbonyl (C=O) groups excluding carboxylic acids is 1. The fourth-order valence-electron chi connectivity index (χ4n) is 0.971. The molecule has 16 heavy (non-hydrogen) atoms. The molecule has 0 aliphatic carbocycles. The minimum absolute atomic E-state index is 0.176. The fourth-order valence-corrected chi connectivity index (χ4v) is 0.971. The molecule has 0 saturated heterocycles. The summed E-state index contributed by atoms with van der Waals surface area (Å²) in [5.41, 5.74) is 9.97. The molecule has 6 N–H and O–H groups in total. The van der Waals surface area contributed by atoms with Crippen LogP contribution in [0.25, 0.3) is 0 Å². The molecular weight excluding hydrogens is 220 g/mol. The van der Waals surface area contributed by atoms with Crippen molar-refractivity contribution in [1.82, 2.24) is 10.3 Å². The number of carbonyl (C=O) groups is 1. The number of anilines is 2. The quantitative estimate of drug-likeness (QED) is 0.548. The summed E-state index contributed by atoms with van der Waals surface area (Å²) in [5.74, 6) is -2.35. The van der Waals surface area contributed by atoms with E-state index in [9.17, 15) is 13.6 Å². The highest BCUT2D eigenvalue weighted by Crippen LogP contribution is 2.15. The Morgan fingerprint density at radius 3 is 2.69 bits per heavy atom. The molecule has 0 aliphatic rings. The maximum atomic E-state index is 13.1. The topological polar surface area (TPSA) is 106 Å². The Balaban J connectivity index is 2.54. The van der Waals surface area contributed by atoms with Crippen molar-refractivity contribution in [3.05, 3.63) is 17.7 Å². The zero-order valence-electron chi connectivity index (χ0n) is 8.26. The van der Waals surface area contributed by atoms with Gasteiger partial charge in [-0.15, -0.1) is 0 Å². The molecular formula is C8H11F2N5O. The zero-order chi connectivity index (χ0) is 12.1. The normalized spacial score (nSPS) is 9.88. The number of primary amides is 1. The van der Waals surface area contributed by atoms with Gasteiger partial charge in [0.15, 0.2) is 23.3 Å². The Morgan fingerprint density at radius 2 is 2.06 bits per heavy atom. The van der Waals surface area contributed by atoms with Crippen LogP contribution in [0.5, 0.6) is 0 Å². The minimum atomic E-state index is -0.918. The molecule has 1 aromatic heterocycles. The van der Waals surface area contributed by atoms with E-state index in [1.54, 1.807) is 0 Å². The number of rotatable bonds is 4. The molecule has 0 radical (unpaired) electrons. The van der Waals surface area contributed by atoms with Crippen LogP contribution in [0, 0.1) is 11.6 Å². The van der Waals surface area contributed by atoms with Crippen LogP contribution < -0.4 is 22.1 Å². The number of halogens is 2. The number of nitrogens with one attached hydrogen (secondary N) is 2. The SMILES string of the molecule is NC(=O)NCCNc1nc(N)c(F)cc1F. The molecule has 0 fully saturated rings. The van der Waals surface area contributed by atoms with Crippen LogP contribution in [-0.2, 0) is 0 Å². The highest BCUT2D eigenvalue weighted by atomic mass is 19.1. The van der Waals surface area contributed by atoms with Gasteiger partial charge in [0, 0.05) is 19.2 Å². The van der Waals surface area contributed by atoms with Gasteiger partial charge in [-0.05, 0) is 0 Å². The van der Waals surface area contributed by atoms with Crippen molar-refractivity contribution in [2.45, 2.75) is 0 Å². The van der Waals surface area contributed by atoms with E-state index >= 15 is 0 Å². The summed E-state index contributed by atoms with van der Waals surface area (Å²) in [4.78, 5) is 13.8. The monoisotopic (exact) mass is 231 g/mol. The molecule has 1 rings (SSSR count). The number of hydrogen-bond acceptors (Lipinski definition) is 4. The second-order valence-corrected chi connectivity index (χ2v) is 2.90. The highest BCUT2D eigenvalue weighted by molar-refractivity contribution is 5.71. The molecule has 2 amide bonds. The number of nitrogens with zero attached hydrogens (tertiary/aromatic N) is 1. The number of amides is 2. The van der Waals surface area contributed by atoms with E-state index in [1.807, 2.05) is 0 Å². The summed E-state index contributed by atoms with van der Waals surface area (Å²) in [6.45, 7) is 0.381. The number of hydrogen-bond donors (Lipinski definition) is 4. The molecule has 1 aromatic rings. The van der Waals surface area contributed by atoms with Gasteiger partial charge in [-0.25, -0.2) is 18.6 Å². The molecule has 0 bridgehead atoms. The number of aromatic nitrogens is 1. The minimum Gasteiger partial charge on any atom is -0.381 e. The molecule has 0 aromatic carbocycles. The van der Waals surface area contributed by atoms with Gasteiger partial charge in [-0.1, -0.05) is 0 Å². The lowest BCUT2D eigenvalue weighted by Gasteiger charge is -2.07. The molecule has 8 heteroatoms. The summed E-state index contributed by atoms with van der Waals surface area (Å²) >= 11 is 0. The Labute approximate surface area is 90.0 Å². The van der Waals surface area contributed by atoms with Crippen molar-refractivity contribution in [2.24, 2.45) is 5.73 Å². The van der Waals surface area contributed by atoms with Crippen LogP contribution >= 0.6 is 0 Å². The predicted molar refractivity (Wildman–Crippen MR) is 54.6 cm³/mol. The number of nitrogen functional groups attached to an aromatic ring is 1. The third kappa shape index (κ3) is 3.23. The lowest BCUT2D eigenvalue weighted by atomic mass is 10.4. The third-order valence-corrected chi connectivity index (χ3v) is 1.67. The van der Waals surface area contributed by atoms with Gasteiger partial charge in [0.25, 0.3) is 0 Å². The van der Waals surface area contributed by atoms with Crippen molar-refractivity contribution in [3.63, 3.8) is 0 Å². The fraction of sp³-hybridized carbons (Fsp3) is 0.250.